The molecule has 2 aromatic carbocycles. The fourth-order valence-corrected chi connectivity index (χ4v) is 3.28. The Morgan fingerprint density at radius 2 is 1.68 bits per heavy atom. The molecule has 1 heterocycles. The molecule has 1 nitrogen and oxygen atoms in total. The van der Waals surface area contributed by atoms with Crippen LogP contribution >= 0.6 is 0 Å². The summed E-state index contributed by atoms with van der Waals surface area (Å²) in [5, 5.41) is 1.41. The summed E-state index contributed by atoms with van der Waals surface area (Å²) in [6, 6.07) is 17.5. The standard InChI is InChI=1S/C21H24N/c1-4-18-15-22(14-17-9-7-6-8-10-17)21-12-11-16(3)13-20(21)19(18)5-2/h6-13,15H,4-5,14H2,1-3H3/q+1. The first-order valence-electron chi connectivity index (χ1n) is 8.21. The van der Waals surface area contributed by atoms with Crippen molar-refractivity contribution in [2.24, 2.45) is 0 Å². The molecule has 0 N–H and O–H groups in total. The van der Waals surface area contributed by atoms with Gasteiger partial charge in [-0.3, -0.25) is 0 Å². The van der Waals surface area contributed by atoms with E-state index >= 15 is 0 Å². The highest BCUT2D eigenvalue weighted by Crippen LogP contribution is 2.22. The molecule has 3 aromatic rings. The Hall–Kier alpha value is -2.15. The predicted molar refractivity (Wildman–Crippen MR) is 93.2 cm³/mol. The summed E-state index contributed by atoms with van der Waals surface area (Å²) in [5.41, 5.74) is 6.99. The molecule has 0 radical (unpaired) electrons. The van der Waals surface area contributed by atoms with Gasteiger partial charge in [0.15, 0.2) is 12.7 Å². The monoisotopic (exact) mass is 290 g/mol. The van der Waals surface area contributed by atoms with Crippen molar-refractivity contribution in [2.45, 2.75) is 40.2 Å². The summed E-state index contributed by atoms with van der Waals surface area (Å²) >= 11 is 0. The number of nitrogens with zero attached hydrogens (tertiary/aromatic N) is 1. The molecule has 0 saturated heterocycles. The molecule has 0 aliphatic heterocycles. The van der Waals surface area contributed by atoms with Crippen LogP contribution in [0.5, 0.6) is 0 Å². The van der Waals surface area contributed by atoms with Gasteiger partial charge in [-0.1, -0.05) is 55.8 Å². The zero-order chi connectivity index (χ0) is 15.5. The molecule has 1 heteroatoms. The van der Waals surface area contributed by atoms with E-state index < -0.39 is 0 Å². The fourth-order valence-electron chi connectivity index (χ4n) is 3.28. The Kier molecular flexibility index (Phi) is 4.24. The lowest BCUT2D eigenvalue weighted by molar-refractivity contribution is -0.662. The molecule has 0 spiro atoms. The topological polar surface area (TPSA) is 3.88 Å². The molecule has 0 aliphatic carbocycles. The number of benzene rings is 2. The van der Waals surface area contributed by atoms with Gasteiger partial charge in [-0.25, -0.2) is 0 Å². The molecule has 22 heavy (non-hydrogen) atoms. The molecule has 0 bridgehead atoms. The Labute approximate surface area is 133 Å². The largest absolute Gasteiger partial charge is 0.213 e. The maximum Gasteiger partial charge on any atom is 0.213 e. The lowest BCUT2D eigenvalue weighted by Gasteiger charge is -2.11. The highest BCUT2D eigenvalue weighted by Gasteiger charge is 2.16. The molecule has 0 fully saturated rings. The third-order valence-electron chi connectivity index (χ3n) is 4.42. The van der Waals surface area contributed by atoms with Crippen LogP contribution in [0, 0.1) is 6.92 Å². The Morgan fingerprint density at radius 3 is 2.36 bits per heavy atom. The van der Waals surface area contributed by atoms with E-state index in [0.717, 1.165) is 19.4 Å². The summed E-state index contributed by atoms with van der Waals surface area (Å²) in [6.45, 7) is 7.62. The minimum absolute atomic E-state index is 0.928. The van der Waals surface area contributed by atoms with E-state index in [1.54, 1.807) is 0 Å². The van der Waals surface area contributed by atoms with E-state index in [4.69, 9.17) is 0 Å². The number of pyridine rings is 1. The average Bonchev–Trinajstić information content (AvgIpc) is 2.55. The Morgan fingerprint density at radius 1 is 0.909 bits per heavy atom. The van der Waals surface area contributed by atoms with E-state index in [9.17, 15) is 0 Å². The predicted octanol–water partition coefficient (Wildman–Crippen LogP) is 4.61. The normalized spacial score (nSPS) is 11.0. The molecule has 0 amide bonds. The van der Waals surface area contributed by atoms with Gasteiger partial charge in [-0.15, -0.1) is 0 Å². The first-order valence-corrected chi connectivity index (χ1v) is 8.21. The lowest BCUT2D eigenvalue weighted by Crippen LogP contribution is -2.36. The van der Waals surface area contributed by atoms with Gasteiger partial charge in [0.05, 0.1) is 5.39 Å². The van der Waals surface area contributed by atoms with Crippen molar-refractivity contribution in [1.82, 2.24) is 0 Å². The third kappa shape index (κ3) is 2.76. The summed E-state index contributed by atoms with van der Waals surface area (Å²) in [6.07, 6.45) is 4.53. The van der Waals surface area contributed by atoms with Gasteiger partial charge in [-0.05, 0) is 31.4 Å². The first kappa shape index (κ1) is 14.8. The molecule has 0 aliphatic rings. The highest BCUT2D eigenvalue weighted by molar-refractivity contribution is 5.81. The zero-order valence-electron chi connectivity index (χ0n) is 13.8. The zero-order valence-corrected chi connectivity index (χ0v) is 13.8. The molecule has 0 unspecified atom stereocenters. The summed E-state index contributed by atoms with van der Waals surface area (Å²) in [5.74, 6) is 0. The molecule has 3 rings (SSSR count). The van der Waals surface area contributed by atoms with Gasteiger partial charge >= 0.3 is 0 Å². The van der Waals surface area contributed by atoms with Crippen LogP contribution in [0.3, 0.4) is 0 Å². The van der Waals surface area contributed by atoms with Crippen LogP contribution in [0.25, 0.3) is 10.9 Å². The third-order valence-corrected chi connectivity index (χ3v) is 4.42. The van der Waals surface area contributed by atoms with E-state index in [2.05, 4.69) is 80.1 Å². The Bertz CT molecular complexity index is 788. The molecular formula is C21H24N+. The molecule has 1 aromatic heterocycles. The summed E-state index contributed by atoms with van der Waals surface area (Å²) < 4.78 is 2.40. The van der Waals surface area contributed by atoms with Gasteiger partial charge in [0.2, 0.25) is 5.52 Å². The molecular weight excluding hydrogens is 266 g/mol. The van der Waals surface area contributed by atoms with Gasteiger partial charge < -0.3 is 0 Å². The van der Waals surface area contributed by atoms with Crippen molar-refractivity contribution in [3.63, 3.8) is 0 Å². The van der Waals surface area contributed by atoms with Crippen molar-refractivity contribution in [3.05, 3.63) is 77.0 Å². The second-order valence-electron chi connectivity index (χ2n) is 5.97. The van der Waals surface area contributed by atoms with Crippen molar-refractivity contribution < 1.29 is 4.57 Å². The van der Waals surface area contributed by atoms with Gasteiger partial charge in [0.25, 0.3) is 0 Å². The SMILES string of the molecule is CCc1c[n+](Cc2ccccc2)c2ccc(C)cc2c1CC. The van der Waals surface area contributed by atoms with E-state index in [0.29, 0.717) is 0 Å². The van der Waals surface area contributed by atoms with Crippen LogP contribution in [-0.2, 0) is 19.4 Å². The molecule has 0 atom stereocenters. The second kappa shape index (κ2) is 6.31. The van der Waals surface area contributed by atoms with Gasteiger partial charge in [0.1, 0.15) is 0 Å². The van der Waals surface area contributed by atoms with E-state index in [-0.39, 0.29) is 0 Å². The highest BCUT2D eigenvalue weighted by atomic mass is 14.9. The number of hydrogen-bond acceptors (Lipinski definition) is 0. The summed E-state index contributed by atoms with van der Waals surface area (Å²) in [4.78, 5) is 0. The number of aryl methyl sites for hydroxylation is 3. The van der Waals surface area contributed by atoms with Crippen LogP contribution < -0.4 is 4.57 Å². The first-order chi connectivity index (χ1) is 10.7. The number of fused-ring (bicyclic) bond motifs is 1. The maximum absolute atomic E-state index is 2.40. The van der Waals surface area contributed by atoms with Crippen molar-refractivity contribution in [3.8, 4) is 0 Å². The number of aromatic nitrogens is 1. The van der Waals surface area contributed by atoms with E-state index in [1.807, 2.05) is 0 Å². The summed E-state index contributed by atoms with van der Waals surface area (Å²) in [7, 11) is 0. The molecule has 0 saturated carbocycles. The average molecular weight is 290 g/mol. The van der Waals surface area contributed by atoms with Crippen molar-refractivity contribution in [1.29, 1.82) is 0 Å². The fraction of sp³-hybridized carbons (Fsp3) is 0.286. The van der Waals surface area contributed by atoms with Crippen molar-refractivity contribution >= 4 is 10.9 Å². The maximum atomic E-state index is 2.40. The van der Waals surface area contributed by atoms with E-state index in [1.165, 1.54) is 33.2 Å². The van der Waals surface area contributed by atoms with Gasteiger partial charge in [-0.2, -0.15) is 4.57 Å². The van der Waals surface area contributed by atoms with Crippen molar-refractivity contribution in [2.75, 3.05) is 0 Å². The minimum atomic E-state index is 0.928. The molecule has 112 valence electrons. The van der Waals surface area contributed by atoms with Crippen LogP contribution in [0.15, 0.2) is 54.7 Å². The smallest absolute Gasteiger partial charge is 0.194 e. The number of hydrogen-bond donors (Lipinski definition) is 0. The minimum Gasteiger partial charge on any atom is -0.194 e. The lowest BCUT2D eigenvalue weighted by atomic mass is 9.98. The quantitative estimate of drug-likeness (QED) is 0.618. The Balaban J connectivity index is 2.21. The van der Waals surface area contributed by atoms with Gasteiger partial charge in [0, 0.05) is 17.2 Å². The van der Waals surface area contributed by atoms with Crippen LogP contribution in [0.2, 0.25) is 0 Å². The van der Waals surface area contributed by atoms with Crippen LogP contribution in [0.1, 0.15) is 36.1 Å². The van der Waals surface area contributed by atoms with Crippen LogP contribution in [0.4, 0.5) is 0 Å². The second-order valence-corrected chi connectivity index (χ2v) is 5.97. The number of rotatable bonds is 4. The van der Waals surface area contributed by atoms with Crippen LogP contribution in [-0.4, -0.2) is 0 Å².